The number of piperidine rings is 1. The van der Waals surface area contributed by atoms with Crippen molar-refractivity contribution in [1.82, 2.24) is 10.2 Å². The van der Waals surface area contributed by atoms with Crippen molar-refractivity contribution in [2.45, 2.75) is 39.3 Å². The van der Waals surface area contributed by atoms with E-state index in [4.69, 9.17) is 9.47 Å². The number of fused-ring (bicyclic) bond motifs is 1. The van der Waals surface area contributed by atoms with Crippen LogP contribution in [0.4, 0.5) is 0 Å². The van der Waals surface area contributed by atoms with Gasteiger partial charge in [-0.15, -0.1) is 0 Å². The molecular weight excluding hydrogens is 364 g/mol. The van der Waals surface area contributed by atoms with E-state index in [0.29, 0.717) is 13.2 Å². The van der Waals surface area contributed by atoms with E-state index in [2.05, 4.69) is 41.4 Å². The molecule has 0 aliphatic carbocycles. The van der Waals surface area contributed by atoms with Crippen molar-refractivity contribution < 1.29 is 14.3 Å². The van der Waals surface area contributed by atoms with Gasteiger partial charge in [-0.1, -0.05) is 35.9 Å². The summed E-state index contributed by atoms with van der Waals surface area (Å²) < 4.78 is 11.2. The van der Waals surface area contributed by atoms with Crippen LogP contribution in [-0.2, 0) is 11.3 Å². The van der Waals surface area contributed by atoms with E-state index in [1.165, 1.54) is 11.1 Å². The lowest BCUT2D eigenvalue weighted by molar-refractivity contribution is -0.127. The molecule has 154 valence electrons. The van der Waals surface area contributed by atoms with Gasteiger partial charge in [-0.25, -0.2) is 0 Å². The fourth-order valence-corrected chi connectivity index (χ4v) is 4.17. The minimum atomic E-state index is -0.0522. The molecule has 4 rings (SSSR count). The highest BCUT2D eigenvalue weighted by molar-refractivity contribution is 5.79. The number of carbonyl (C=O) groups excluding carboxylic acids is 1. The molecule has 1 saturated heterocycles. The molecule has 1 fully saturated rings. The maximum absolute atomic E-state index is 12.8. The first-order chi connectivity index (χ1) is 14.1. The van der Waals surface area contributed by atoms with Gasteiger partial charge in [-0.3, -0.25) is 9.69 Å². The van der Waals surface area contributed by atoms with Crippen molar-refractivity contribution in [3.8, 4) is 11.5 Å². The molecule has 0 spiro atoms. The van der Waals surface area contributed by atoms with Gasteiger partial charge < -0.3 is 14.8 Å². The number of aryl methyl sites for hydroxylation is 1. The quantitative estimate of drug-likeness (QED) is 0.837. The summed E-state index contributed by atoms with van der Waals surface area (Å²) >= 11 is 0. The summed E-state index contributed by atoms with van der Waals surface area (Å²) in [4.78, 5) is 15.2. The summed E-state index contributed by atoms with van der Waals surface area (Å²) in [6.45, 7) is 8.19. The first-order valence-electron chi connectivity index (χ1n) is 10.6. The van der Waals surface area contributed by atoms with Crippen LogP contribution in [0.2, 0.25) is 0 Å². The number of rotatable bonds is 5. The van der Waals surface area contributed by atoms with Crippen LogP contribution in [0.1, 0.15) is 42.5 Å². The zero-order valence-corrected chi connectivity index (χ0v) is 17.3. The van der Waals surface area contributed by atoms with Gasteiger partial charge in [0.1, 0.15) is 13.2 Å². The van der Waals surface area contributed by atoms with Crippen LogP contribution >= 0.6 is 0 Å². The minimum Gasteiger partial charge on any atom is -0.486 e. The second kappa shape index (κ2) is 8.87. The molecule has 0 bridgehead atoms. The number of amides is 1. The Morgan fingerprint density at radius 2 is 1.86 bits per heavy atom. The monoisotopic (exact) mass is 394 g/mol. The van der Waals surface area contributed by atoms with Crippen LogP contribution in [0.5, 0.6) is 11.5 Å². The van der Waals surface area contributed by atoms with E-state index in [1.54, 1.807) is 0 Å². The predicted octanol–water partition coefficient (Wildman–Crippen LogP) is 3.86. The molecule has 1 N–H and O–H groups in total. The Morgan fingerprint density at radius 3 is 2.62 bits per heavy atom. The van der Waals surface area contributed by atoms with Gasteiger partial charge in [0.2, 0.25) is 5.91 Å². The van der Waals surface area contributed by atoms with E-state index in [9.17, 15) is 4.79 Å². The van der Waals surface area contributed by atoms with Crippen LogP contribution in [-0.4, -0.2) is 37.1 Å². The molecule has 2 aromatic rings. The second-order valence-corrected chi connectivity index (χ2v) is 8.17. The fraction of sp³-hybridized carbons (Fsp3) is 0.458. The zero-order valence-electron chi connectivity index (χ0n) is 17.3. The lowest BCUT2D eigenvalue weighted by Gasteiger charge is -2.32. The number of nitrogens with zero attached hydrogens (tertiary/aromatic N) is 1. The highest BCUT2D eigenvalue weighted by Gasteiger charge is 2.26. The molecule has 2 aliphatic heterocycles. The number of hydrogen-bond donors (Lipinski definition) is 1. The van der Waals surface area contributed by atoms with E-state index in [1.807, 2.05) is 25.1 Å². The van der Waals surface area contributed by atoms with Crippen molar-refractivity contribution in [1.29, 1.82) is 0 Å². The predicted molar refractivity (Wildman–Crippen MR) is 113 cm³/mol. The Morgan fingerprint density at radius 1 is 1.10 bits per heavy atom. The molecule has 0 radical (unpaired) electrons. The molecule has 1 atom stereocenters. The number of carbonyl (C=O) groups is 1. The molecule has 29 heavy (non-hydrogen) atoms. The molecule has 0 aromatic heterocycles. The number of nitrogens with one attached hydrogen (secondary N) is 1. The zero-order chi connectivity index (χ0) is 20.2. The summed E-state index contributed by atoms with van der Waals surface area (Å²) in [6, 6.07) is 14.5. The molecule has 2 aromatic carbocycles. The summed E-state index contributed by atoms with van der Waals surface area (Å²) in [7, 11) is 0. The molecule has 5 heteroatoms. The highest BCUT2D eigenvalue weighted by atomic mass is 16.6. The van der Waals surface area contributed by atoms with Gasteiger partial charge in [-0.2, -0.15) is 0 Å². The third-order valence-corrected chi connectivity index (χ3v) is 5.87. The summed E-state index contributed by atoms with van der Waals surface area (Å²) in [6.07, 6.45) is 1.82. The van der Waals surface area contributed by atoms with Gasteiger partial charge in [-0.05, 0) is 63.0 Å². The maximum Gasteiger partial charge on any atom is 0.223 e. The molecule has 5 nitrogen and oxygen atoms in total. The van der Waals surface area contributed by atoms with Gasteiger partial charge >= 0.3 is 0 Å². The van der Waals surface area contributed by atoms with Crippen molar-refractivity contribution in [3.05, 3.63) is 59.2 Å². The number of hydrogen-bond acceptors (Lipinski definition) is 4. The Kier molecular flexibility index (Phi) is 6.05. The number of benzene rings is 2. The topological polar surface area (TPSA) is 50.8 Å². The second-order valence-electron chi connectivity index (χ2n) is 8.17. The largest absolute Gasteiger partial charge is 0.486 e. The fourth-order valence-electron chi connectivity index (χ4n) is 4.17. The summed E-state index contributed by atoms with van der Waals surface area (Å²) in [5, 5.41) is 3.19. The highest BCUT2D eigenvalue weighted by Crippen LogP contribution is 2.32. The molecule has 2 heterocycles. The molecule has 0 saturated carbocycles. The van der Waals surface area contributed by atoms with Gasteiger partial charge in [0.05, 0.1) is 6.04 Å². The van der Waals surface area contributed by atoms with E-state index in [-0.39, 0.29) is 17.9 Å². The average Bonchev–Trinajstić information content (AvgIpc) is 2.74. The van der Waals surface area contributed by atoms with Crippen LogP contribution < -0.4 is 14.8 Å². The SMILES string of the molecule is Cc1cccc(CN2CCC(C(=O)NC(C)c3ccc4c(c3)OCCO4)CC2)c1. The minimum absolute atomic E-state index is 0.0522. The Balaban J connectivity index is 1.28. The number of ether oxygens (including phenoxy) is 2. The van der Waals surface area contributed by atoms with Crippen molar-refractivity contribution in [2.24, 2.45) is 5.92 Å². The summed E-state index contributed by atoms with van der Waals surface area (Å²) in [5.41, 5.74) is 3.68. The molecular formula is C24H30N2O3. The standard InChI is InChI=1S/C24H30N2O3/c1-17-4-3-5-19(14-17)16-26-10-8-20(9-11-26)24(27)25-18(2)21-6-7-22-23(15-21)29-13-12-28-22/h3-7,14-15,18,20H,8-13,16H2,1-2H3,(H,25,27). The Labute approximate surface area is 173 Å². The smallest absolute Gasteiger partial charge is 0.223 e. The first kappa shape index (κ1) is 19.8. The lowest BCUT2D eigenvalue weighted by atomic mass is 9.94. The van der Waals surface area contributed by atoms with Crippen molar-refractivity contribution in [2.75, 3.05) is 26.3 Å². The Bertz CT molecular complexity index is 859. The van der Waals surface area contributed by atoms with E-state index in [0.717, 1.165) is 49.5 Å². The van der Waals surface area contributed by atoms with E-state index < -0.39 is 0 Å². The molecule has 2 aliphatic rings. The van der Waals surface area contributed by atoms with Crippen LogP contribution in [0, 0.1) is 12.8 Å². The van der Waals surface area contributed by atoms with Gasteiger partial charge in [0.25, 0.3) is 0 Å². The maximum atomic E-state index is 12.8. The summed E-state index contributed by atoms with van der Waals surface area (Å²) in [5.74, 6) is 1.78. The van der Waals surface area contributed by atoms with Crippen LogP contribution in [0.25, 0.3) is 0 Å². The lowest BCUT2D eigenvalue weighted by Crippen LogP contribution is -2.40. The van der Waals surface area contributed by atoms with Gasteiger partial charge in [0, 0.05) is 12.5 Å². The third kappa shape index (κ3) is 4.91. The van der Waals surface area contributed by atoms with Crippen LogP contribution in [0.15, 0.2) is 42.5 Å². The van der Waals surface area contributed by atoms with Gasteiger partial charge in [0.15, 0.2) is 11.5 Å². The normalized spacial score (nSPS) is 18.3. The number of likely N-dealkylation sites (tertiary alicyclic amines) is 1. The molecule has 1 amide bonds. The average molecular weight is 395 g/mol. The Hall–Kier alpha value is -2.53. The van der Waals surface area contributed by atoms with Crippen molar-refractivity contribution in [3.63, 3.8) is 0 Å². The van der Waals surface area contributed by atoms with Crippen LogP contribution in [0.3, 0.4) is 0 Å². The van der Waals surface area contributed by atoms with Crippen molar-refractivity contribution >= 4 is 5.91 Å². The van der Waals surface area contributed by atoms with E-state index >= 15 is 0 Å². The first-order valence-corrected chi connectivity index (χ1v) is 10.6. The molecule has 1 unspecified atom stereocenters. The third-order valence-electron chi connectivity index (χ3n) is 5.87.